The van der Waals surface area contributed by atoms with Gasteiger partial charge in [-0.25, -0.2) is 9.78 Å². The van der Waals surface area contributed by atoms with Crippen molar-refractivity contribution in [1.29, 1.82) is 0 Å². The summed E-state index contributed by atoms with van der Waals surface area (Å²) in [6.45, 7) is 0.0189. The molecule has 0 unspecified atom stereocenters. The zero-order valence-electron chi connectivity index (χ0n) is 12.1. The first-order chi connectivity index (χ1) is 10.9. The van der Waals surface area contributed by atoms with E-state index in [2.05, 4.69) is 4.98 Å². The Balaban J connectivity index is 1.67. The number of hydrogen-bond donors (Lipinski definition) is 0. The van der Waals surface area contributed by atoms with Gasteiger partial charge in [0.15, 0.2) is 5.13 Å². The van der Waals surface area contributed by atoms with Crippen molar-refractivity contribution in [3.05, 3.63) is 38.1 Å². The van der Waals surface area contributed by atoms with Crippen LogP contribution < -0.4 is 4.90 Å². The van der Waals surface area contributed by atoms with Gasteiger partial charge >= 0.3 is 11.0 Å². The number of thiazole rings is 1. The van der Waals surface area contributed by atoms with Crippen molar-refractivity contribution in [2.24, 2.45) is 0 Å². The molecule has 7 nitrogen and oxygen atoms in total. The number of nitrogens with zero attached hydrogens (tertiary/aromatic N) is 3. The maximum atomic E-state index is 12.1. The summed E-state index contributed by atoms with van der Waals surface area (Å²) in [5.74, 6) is -0.444. The molecular weight excluding hydrogens is 358 g/mol. The molecule has 3 aromatic heterocycles. The van der Waals surface area contributed by atoms with Gasteiger partial charge < -0.3 is 9.64 Å². The summed E-state index contributed by atoms with van der Waals surface area (Å²) in [4.78, 5) is 29.9. The van der Waals surface area contributed by atoms with E-state index in [1.165, 1.54) is 28.7 Å². The van der Waals surface area contributed by atoms with Gasteiger partial charge in [-0.15, -0.1) is 11.3 Å². The highest BCUT2D eigenvalue weighted by Crippen LogP contribution is 2.34. The molecule has 120 valence electrons. The molecule has 0 aliphatic carbocycles. The van der Waals surface area contributed by atoms with Crippen LogP contribution in [0.3, 0.4) is 0 Å². The molecule has 0 amide bonds. The van der Waals surface area contributed by atoms with Crippen LogP contribution in [-0.4, -0.2) is 30.0 Å². The summed E-state index contributed by atoms with van der Waals surface area (Å²) >= 11 is 3.80. The van der Waals surface area contributed by atoms with E-state index in [0.29, 0.717) is 10.4 Å². The second-order valence-corrected chi connectivity index (χ2v) is 7.73. The molecule has 0 aliphatic rings. The first-order valence-corrected chi connectivity index (χ1v) is 8.92. The maximum Gasteiger partial charge on any atom is 0.348 e. The van der Waals surface area contributed by atoms with Crippen LogP contribution in [0.1, 0.15) is 15.2 Å². The molecule has 0 N–H and O–H groups in total. The minimum atomic E-state index is -0.461. The standard InChI is InChI=1S/C13H11N3O4S3/c1-15(2)13-14-11-8(23-13)4-9(22-11)12(17)20-5-7-3-10(16(18)19)21-6-7/h3-4,6H,5H2,1-2H3. The highest BCUT2D eigenvalue weighted by molar-refractivity contribution is 7.29. The van der Waals surface area contributed by atoms with E-state index in [9.17, 15) is 14.9 Å². The lowest BCUT2D eigenvalue weighted by molar-refractivity contribution is -0.380. The number of ether oxygens (including phenoxy) is 1. The average Bonchev–Trinajstić information content (AvgIpc) is 3.18. The average molecular weight is 369 g/mol. The van der Waals surface area contributed by atoms with Crippen LogP contribution in [0.5, 0.6) is 0 Å². The van der Waals surface area contributed by atoms with E-state index >= 15 is 0 Å². The Hall–Kier alpha value is -2.04. The zero-order chi connectivity index (χ0) is 16.6. The van der Waals surface area contributed by atoms with Crippen molar-refractivity contribution in [3.8, 4) is 0 Å². The molecule has 0 spiro atoms. The maximum absolute atomic E-state index is 12.1. The van der Waals surface area contributed by atoms with E-state index in [1.54, 1.807) is 11.4 Å². The van der Waals surface area contributed by atoms with Gasteiger partial charge in [0.1, 0.15) is 16.3 Å². The smallest absolute Gasteiger partial charge is 0.348 e. The fourth-order valence-corrected chi connectivity index (χ4v) is 4.51. The predicted octanol–water partition coefficient (Wildman–Crippen LogP) is 3.75. The molecule has 0 radical (unpaired) electrons. The van der Waals surface area contributed by atoms with Crippen molar-refractivity contribution < 1.29 is 14.5 Å². The van der Waals surface area contributed by atoms with Crippen LogP contribution in [0.2, 0.25) is 0 Å². The summed E-state index contributed by atoms with van der Waals surface area (Å²) in [5.41, 5.74) is 0.612. The lowest BCUT2D eigenvalue weighted by Gasteiger charge is -2.05. The van der Waals surface area contributed by atoms with E-state index in [1.807, 2.05) is 19.0 Å². The van der Waals surface area contributed by atoms with Crippen molar-refractivity contribution in [2.45, 2.75) is 6.61 Å². The Morgan fingerprint density at radius 2 is 2.17 bits per heavy atom. The third-order valence-corrected chi connectivity index (χ3v) is 6.09. The summed E-state index contributed by atoms with van der Waals surface area (Å²) in [5, 5.41) is 13.2. The van der Waals surface area contributed by atoms with Crippen molar-refractivity contribution in [1.82, 2.24) is 4.98 Å². The first kappa shape index (κ1) is 15.8. The van der Waals surface area contributed by atoms with E-state index < -0.39 is 10.9 Å². The Morgan fingerprint density at radius 3 is 2.78 bits per heavy atom. The third-order valence-electron chi connectivity index (χ3n) is 2.85. The molecule has 3 heterocycles. The molecule has 23 heavy (non-hydrogen) atoms. The number of carbonyl (C=O) groups is 1. The van der Waals surface area contributed by atoms with Gasteiger partial charge in [0.25, 0.3) is 0 Å². The molecular formula is C13H11N3O4S3. The largest absolute Gasteiger partial charge is 0.457 e. The quantitative estimate of drug-likeness (QED) is 0.387. The van der Waals surface area contributed by atoms with Crippen molar-refractivity contribution in [3.63, 3.8) is 0 Å². The van der Waals surface area contributed by atoms with Crippen LogP contribution in [-0.2, 0) is 11.3 Å². The van der Waals surface area contributed by atoms with Gasteiger partial charge in [0.2, 0.25) is 0 Å². The van der Waals surface area contributed by atoms with Crippen molar-refractivity contribution in [2.75, 3.05) is 19.0 Å². The van der Waals surface area contributed by atoms with Crippen LogP contribution in [0.25, 0.3) is 9.53 Å². The lowest BCUT2D eigenvalue weighted by atomic mass is 10.3. The molecule has 0 aliphatic heterocycles. The van der Waals surface area contributed by atoms with Gasteiger partial charge in [-0.2, -0.15) is 0 Å². The number of esters is 1. The molecule has 0 saturated carbocycles. The summed E-state index contributed by atoms with van der Waals surface area (Å²) in [7, 11) is 3.83. The molecule has 3 rings (SSSR count). The molecule has 0 atom stereocenters. The number of nitro groups is 1. The number of thiophene rings is 2. The topological polar surface area (TPSA) is 85.6 Å². The highest BCUT2D eigenvalue weighted by Gasteiger charge is 2.17. The molecule has 0 bridgehead atoms. The minimum absolute atomic E-state index is 0.0189. The number of anilines is 1. The SMILES string of the molecule is CN(C)c1nc2sc(C(=O)OCc3csc([N+](=O)[O-])c3)cc2s1. The Morgan fingerprint density at radius 1 is 1.39 bits per heavy atom. The zero-order valence-corrected chi connectivity index (χ0v) is 14.6. The minimum Gasteiger partial charge on any atom is -0.457 e. The highest BCUT2D eigenvalue weighted by atomic mass is 32.1. The van der Waals surface area contributed by atoms with Crippen LogP contribution >= 0.6 is 34.0 Å². The Labute approximate surface area is 142 Å². The number of rotatable bonds is 5. The lowest BCUT2D eigenvalue weighted by Crippen LogP contribution is -2.07. The predicted molar refractivity (Wildman–Crippen MR) is 91.9 cm³/mol. The van der Waals surface area contributed by atoms with Crippen molar-refractivity contribution >= 4 is 59.6 Å². The second-order valence-electron chi connectivity index (χ2n) is 4.80. The molecule has 3 aromatic rings. The molecule has 10 heteroatoms. The molecule has 0 fully saturated rings. The second kappa shape index (κ2) is 6.22. The number of fused-ring (bicyclic) bond motifs is 1. The van der Waals surface area contributed by atoms with Crippen LogP contribution in [0.4, 0.5) is 10.1 Å². The summed E-state index contributed by atoms with van der Waals surface area (Å²) in [6, 6.07) is 3.18. The van der Waals surface area contributed by atoms with E-state index in [-0.39, 0.29) is 11.6 Å². The van der Waals surface area contributed by atoms with Gasteiger partial charge in [-0.1, -0.05) is 22.7 Å². The van der Waals surface area contributed by atoms with E-state index in [0.717, 1.165) is 26.0 Å². The van der Waals surface area contributed by atoms with Gasteiger partial charge in [-0.05, 0) is 6.07 Å². The monoisotopic (exact) mass is 369 g/mol. The van der Waals surface area contributed by atoms with Gasteiger partial charge in [0.05, 0.1) is 9.62 Å². The number of hydrogen-bond acceptors (Lipinski definition) is 9. The van der Waals surface area contributed by atoms with Gasteiger partial charge in [-0.3, -0.25) is 10.1 Å². The number of carbonyl (C=O) groups excluding carboxylic acids is 1. The van der Waals surface area contributed by atoms with Crippen LogP contribution in [0.15, 0.2) is 17.5 Å². The normalized spacial score (nSPS) is 10.9. The van der Waals surface area contributed by atoms with E-state index in [4.69, 9.17) is 4.74 Å². The molecule has 0 saturated heterocycles. The first-order valence-electron chi connectivity index (χ1n) is 6.40. The fourth-order valence-electron chi connectivity index (χ4n) is 1.77. The Bertz CT molecular complexity index is 849. The summed E-state index contributed by atoms with van der Waals surface area (Å²) < 4.78 is 6.15. The van der Waals surface area contributed by atoms with Crippen LogP contribution in [0, 0.1) is 10.1 Å². The number of aromatic nitrogens is 1. The summed E-state index contributed by atoms with van der Waals surface area (Å²) in [6.07, 6.45) is 0. The fraction of sp³-hybridized carbons (Fsp3) is 0.231. The Kier molecular flexibility index (Phi) is 4.28. The van der Waals surface area contributed by atoms with Gasteiger partial charge in [0, 0.05) is 31.1 Å². The molecule has 0 aromatic carbocycles. The third kappa shape index (κ3) is 3.33.